The van der Waals surface area contributed by atoms with Crippen molar-refractivity contribution in [3.63, 3.8) is 0 Å². The van der Waals surface area contributed by atoms with E-state index in [2.05, 4.69) is 27.0 Å². The minimum absolute atomic E-state index is 0.113. The molecule has 0 spiro atoms. The molecular weight excluding hydrogens is 409 g/mol. The Hall–Kier alpha value is -4.01. The standard InChI is InChI=1S/C23H22FN7O/c1-2-11-25-23(32)30-14-12-29(13-15-30)22-26-19-10-6-4-8-17(19)21-28-27-20(31(21)22)16-7-3-5-9-18(16)24/h2-10H,1,11-15H2,(H,25,32). The van der Waals surface area contributed by atoms with Crippen LogP contribution in [0.4, 0.5) is 15.1 Å². The van der Waals surface area contributed by atoms with Gasteiger partial charge in [0.15, 0.2) is 11.5 Å². The topological polar surface area (TPSA) is 78.7 Å². The highest BCUT2D eigenvalue weighted by molar-refractivity contribution is 5.93. The number of carbonyl (C=O) groups is 1. The summed E-state index contributed by atoms with van der Waals surface area (Å²) in [6, 6.07) is 14.1. The average Bonchev–Trinajstić information content (AvgIpc) is 3.28. The SMILES string of the molecule is C=CCNC(=O)N1CCN(c2nc3ccccc3c3nnc(-c4ccccc4F)n23)CC1. The number of carbonyl (C=O) groups excluding carboxylic acids is 1. The quantitative estimate of drug-likeness (QED) is 0.503. The van der Waals surface area contributed by atoms with Gasteiger partial charge >= 0.3 is 6.03 Å². The predicted molar refractivity (Wildman–Crippen MR) is 121 cm³/mol. The molecule has 0 unspecified atom stereocenters. The van der Waals surface area contributed by atoms with Gasteiger partial charge in [-0.15, -0.1) is 16.8 Å². The molecular formula is C23H22FN7O. The number of piperazine rings is 1. The third-order valence-corrected chi connectivity index (χ3v) is 5.59. The zero-order valence-corrected chi connectivity index (χ0v) is 17.4. The van der Waals surface area contributed by atoms with Crippen molar-refractivity contribution < 1.29 is 9.18 Å². The van der Waals surface area contributed by atoms with Crippen molar-refractivity contribution in [1.82, 2.24) is 29.8 Å². The molecule has 0 radical (unpaired) electrons. The van der Waals surface area contributed by atoms with E-state index in [1.807, 2.05) is 28.7 Å². The highest BCUT2D eigenvalue weighted by atomic mass is 19.1. The van der Waals surface area contributed by atoms with Gasteiger partial charge in [0.05, 0.1) is 11.1 Å². The summed E-state index contributed by atoms with van der Waals surface area (Å²) in [5.74, 6) is 0.662. The van der Waals surface area contributed by atoms with Crippen LogP contribution in [0.3, 0.4) is 0 Å². The summed E-state index contributed by atoms with van der Waals surface area (Å²) < 4.78 is 16.5. The molecule has 2 amide bonds. The number of benzene rings is 2. The van der Waals surface area contributed by atoms with Gasteiger partial charge in [-0.25, -0.2) is 18.6 Å². The van der Waals surface area contributed by atoms with Crippen LogP contribution in [0, 0.1) is 5.82 Å². The van der Waals surface area contributed by atoms with Crippen molar-refractivity contribution in [2.45, 2.75) is 0 Å². The summed E-state index contributed by atoms with van der Waals surface area (Å²) in [5.41, 5.74) is 1.77. The van der Waals surface area contributed by atoms with Crippen molar-refractivity contribution in [1.29, 1.82) is 0 Å². The Morgan fingerprint density at radius 2 is 1.81 bits per heavy atom. The van der Waals surface area contributed by atoms with Gasteiger partial charge in [-0.2, -0.15) is 0 Å². The number of nitrogens with zero attached hydrogens (tertiary/aromatic N) is 6. The summed E-state index contributed by atoms with van der Waals surface area (Å²) >= 11 is 0. The Morgan fingerprint density at radius 3 is 2.59 bits per heavy atom. The molecule has 32 heavy (non-hydrogen) atoms. The lowest BCUT2D eigenvalue weighted by molar-refractivity contribution is 0.195. The highest BCUT2D eigenvalue weighted by Crippen LogP contribution is 2.29. The van der Waals surface area contributed by atoms with Crippen molar-refractivity contribution in [3.8, 4) is 11.4 Å². The Morgan fingerprint density at radius 1 is 1.06 bits per heavy atom. The summed E-state index contributed by atoms with van der Waals surface area (Å²) in [7, 11) is 0. The third-order valence-electron chi connectivity index (χ3n) is 5.59. The highest BCUT2D eigenvalue weighted by Gasteiger charge is 2.26. The molecule has 0 bridgehead atoms. The fraction of sp³-hybridized carbons (Fsp3) is 0.217. The van der Waals surface area contributed by atoms with E-state index in [-0.39, 0.29) is 11.8 Å². The molecule has 1 aliphatic rings. The molecule has 2 aromatic heterocycles. The number of para-hydroxylation sites is 1. The van der Waals surface area contributed by atoms with E-state index in [1.54, 1.807) is 29.2 Å². The molecule has 5 rings (SSSR count). The zero-order valence-electron chi connectivity index (χ0n) is 17.4. The van der Waals surface area contributed by atoms with Crippen molar-refractivity contribution in [2.75, 3.05) is 37.6 Å². The van der Waals surface area contributed by atoms with Crippen molar-refractivity contribution >= 4 is 28.5 Å². The average molecular weight is 431 g/mol. The monoisotopic (exact) mass is 431 g/mol. The fourth-order valence-electron chi connectivity index (χ4n) is 3.98. The summed E-state index contributed by atoms with van der Waals surface area (Å²) in [6.07, 6.45) is 1.65. The van der Waals surface area contributed by atoms with Gasteiger partial charge in [-0.05, 0) is 24.3 Å². The summed E-state index contributed by atoms with van der Waals surface area (Å²) in [6.45, 7) is 6.29. The second kappa shape index (κ2) is 8.26. The second-order valence-electron chi connectivity index (χ2n) is 7.54. The smallest absolute Gasteiger partial charge is 0.317 e. The predicted octanol–water partition coefficient (Wildman–Crippen LogP) is 3.10. The molecule has 0 aliphatic carbocycles. The lowest BCUT2D eigenvalue weighted by Gasteiger charge is -2.35. The van der Waals surface area contributed by atoms with Gasteiger partial charge in [-0.3, -0.25) is 0 Å². The molecule has 0 saturated carbocycles. The molecule has 0 atom stereocenters. The minimum atomic E-state index is -0.371. The number of anilines is 1. The normalized spacial score (nSPS) is 14.2. The number of aromatic nitrogens is 4. The lowest BCUT2D eigenvalue weighted by atomic mass is 10.2. The largest absolute Gasteiger partial charge is 0.338 e. The van der Waals surface area contributed by atoms with Crippen LogP contribution in [0.1, 0.15) is 0 Å². The van der Waals surface area contributed by atoms with Crippen LogP contribution < -0.4 is 10.2 Å². The van der Waals surface area contributed by atoms with E-state index in [0.29, 0.717) is 55.7 Å². The van der Waals surface area contributed by atoms with E-state index < -0.39 is 0 Å². The first-order valence-corrected chi connectivity index (χ1v) is 10.4. The minimum Gasteiger partial charge on any atom is -0.338 e. The summed E-state index contributed by atoms with van der Waals surface area (Å²) in [4.78, 5) is 21.0. The maximum atomic E-state index is 14.6. The molecule has 1 fully saturated rings. The van der Waals surface area contributed by atoms with E-state index >= 15 is 0 Å². The van der Waals surface area contributed by atoms with Crippen LogP contribution in [0.25, 0.3) is 27.9 Å². The Labute approximate surface area is 184 Å². The third kappa shape index (κ3) is 3.41. The van der Waals surface area contributed by atoms with Gasteiger partial charge in [0.2, 0.25) is 5.95 Å². The Balaban J connectivity index is 1.58. The van der Waals surface area contributed by atoms with E-state index in [4.69, 9.17) is 4.98 Å². The molecule has 2 aromatic carbocycles. The number of amides is 2. The second-order valence-corrected chi connectivity index (χ2v) is 7.54. The molecule has 3 heterocycles. The van der Waals surface area contributed by atoms with Gasteiger partial charge in [0.25, 0.3) is 0 Å². The van der Waals surface area contributed by atoms with Crippen molar-refractivity contribution in [2.24, 2.45) is 0 Å². The number of hydrogen-bond acceptors (Lipinski definition) is 5. The Bertz CT molecular complexity index is 1310. The number of hydrogen-bond donors (Lipinski definition) is 1. The molecule has 9 heteroatoms. The zero-order chi connectivity index (χ0) is 22.1. The molecule has 4 aromatic rings. The first kappa shape index (κ1) is 19.9. The van der Waals surface area contributed by atoms with E-state index in [0.717, 1.165) is 10.9 Å². The first-order valence-electron chi connectivity index (χ1n) is 10.4. The van der Waals surface area contributed by atoms with Crippen LogP contribution >= 0.6 is 0 Å². The molecule has 1 saturated heterocycles. The van der Waals surface area contributed by atoms with Crippen LogP contribution in [0.15, 0.2) is 61.2 Å². The number of rotatable bonds is 4. The fourth-order valence-corrected chi connectivity index (χ4v) is 3.98. The lowest BCUT2D eigenvalue weighted by Crippen LogP contribution is -2.52. The molecule has 8 nitrogen and oxygen atoms in total. The molecule has 162 valence electrons. The molecule has 1 aliphatic heterocycles. The first-order chi connectivity index (χ1) is 15.7. The van der Waals surface area contributed by atoms with E-state index in [9.17, 15) is 9.18 Å². The number of urea groups is 1. The number of halogens is 1. The Kier molecular flexibility index (Phi) is 5.14. The van der Waals surface area contributed by atoms with Gasteiger partial charge in [0.1, 0.15) is 5.82 Å². The molecule has 1 N–H and O–H groups in total. The van der Waals surface area contributed by atoms with Crippen LogP contribution in [0.2, 0.25) is 0 Å². The maximum absolute atomic E-state index is 14.6. The number of nitrogens with one attached hydrogen (secondary N) is 1. The van der Waals surface area contributed by atoms with Crippen LogP contribution in [0.5, 0.6) is 0 Å². The van der Waals surface area contributed by atoms with Crippen molar-refractivity contribution in [3.05, 3.63) is 67.0 Å². The van der Waals surface area contributed by atoms with Crippen LogP contribution in [-0.2, 0) is 0 Å². The number of fused-ring (bicyclic) bond motifs is 3. The summed E-state index contributed by atoms with van der Waals surface area (Å²) in [5, 5.41) is 12.4. The van der Waals surface area contributed by atoms with Crippen LogP contribution in [-0.4, -0.2) is 63.2 Å². The van der Waals surface area contributed by atoms with E-state index in [1.165, 1.54) is 6.07 Å². The maximum Gasteiger partial charge on any atom is 0.317 e. The van der Waals surface area contributed by atoms with Gasteiger partial charge < -0.3 is 15.1 Å². The van der Waals surface area contributed by atoms with Gasteiger partial charge in [0, 0.05) is 38.1 Å². The van der Waals surface area contributed by atoms with Gasteiger partial charge in [-0.1, -0.05) is 30.3 Å².